The first-order chi connectivity index (χ1) is 0. The van der Waals surface area contributed by atoms with Crippen LogP contribution in [0.3, 0.4) is 0 Å². The summed E-state index contributed by atoms with van der Waals surface area (Å²) in [5, 5.41) is 0. The third-order valence-corrected chi connectivity index (χ3v) is 0. The zero-order valence-electron chi connectivity index (χ0n) is 2.41. The molecule has 6 heteroatoms. The molecular formula is H8CdCeGaInNdSn. The molecule has 0 atom stereocenters. The van der Waals surface area contributed by atoms with Crippen molar-refractivity contribution in [2.45, 2.75) is 0 Å². The van der Waals surface area contributed by atoms with Crippen molar-refractivity contribution < 1.29 is 110 Å². The zero-order valence-corrected chi connectivity index (χ0v) is 16.8. The van der Waals surface area contributed by atoms with Crippen LogP contribution in [0.25, 0.3) is 0 Å². The molecule has 0 rings (SSSR count). The van der Waals surface area contributed by atoms with Crippen LogP contribution in [0.5, 0.6) is 0 Å². The van der Waals surface area contributed by atoms with Crippen LogP contribution in [0, 0.1) is 82.6 Å². The molecule has 0 aromatic rings. The Balaban J connectivity index is 0. The van der Waals surface area contributed by atoms with Gasteiger partial charge < -0.3 is 0 Å². The van der Waals surface area contributed by atoms with E-state index in [2.05, 4.69) is 0 Å². The van der Waals surface area contributed by atoms with Gasteiger partial charge in [0.1, 0.15) is 0 Å². The monoisotopic (exact) mass is 708 g/mol. The van der Waals surface area contributed by atoms with Gasteiger partial charge in [-0.3, -0.25) is 0 Å². The predicted octanol–water partition coefficient (Wildman–Crippen LogP) is -3.29. The first kappa shape index (κ1) is 40.5. The summed E-state index contributed by atoms with van der Waals surface area (Å²) in [5.74, 6) is 0. The fourth-order valence-corrected chi connectivity index (χ4v) is 0. The standard InChI is InChI=1S/Cd.Ce.Ga.In.Nd.Sn.8H. The quantitative estimate of drug-likeness (QED) is 0.232. The topological polar surface area (TPSA) is 0 Å². The van der Waals surface area contributed by atoms with Crippen molar-refractivity contribution in [2.75, 3.05) is 0 Å². The summed E-state index contributed by atoms with van der Waals surface area (Å²) >= 11 is 0. The van der Waals surface area contributed by atoms with Crippen LogP contribution in [0.1, 0.15) is 0 Å². The fourth-order valence-electron chi connectivity index (χ4n) is 0. The molecule has 0 aliphatic heterocycles. The van der Waals surface area contributed by atoms with Crippen molar-refractivity contribution in [1.82, 2.24) is 0 Å². The number of hydrogen-bond acceptors (Lipinski definition) is 0. The van der Waals surface area contributed by atoms with Crippen molar-refractivity contribution in [3.05, 3.63) is 0 Å². The van der Waals surface area contributed by atoms with Gasteiger partial charge in [0.25, 0.3) is 0 Å². The Labute approximate surface area is 174 Å². The summed E-state index contributed by atoms with van der Waals surface area (Å²) in [5.41, 5.74) is 0. The molecule has 0 aromatic heterocycles. The van der Waals surface area contributed by atoms with Gasteiger partial charge in [-0.1, -0.05) is 0 Å². The Hall–Kier alpha value is 5.95. The Kier molecular flexibility index (Phi) is 206. The molecule has 0 saturated carbocycles. The average molecular weight is 708 g/mol. The van der Waals surface area contributed by atoms with Gasteiger partial charge in [0.2, 0.25) is 0 Å². The van der Waals surface area contributed by atoms with Crippen LogP contribution in [0.15, 0.2) is 0 Å². The van der Waals surface area contributed by atoms with E-state index in [1.807, 2.05) is 0 Å². The SMILES string of the molecule is [Cd].[Ce].[GaH3].[InH3].[Nd].[SnH2]. The van der Waals surface area contributed by atoms with Gasteiger partial charge in [-0.15, -0.1) is 0 Å². The Morgan fingerprint density at radius 1 is 1.00 bits per heavy atom. The van der Waals surface area contributed by atoms with Gasteiger partial charge in [-0.05, 0) is 0 Å². The van der Waals surface area contributed by atoms with E-state index in [1.54, 1.807) is 0 Å². The van der Waals surface area contributed by atoms with Gasteiger partial charge in [-0.2, -0.15) is 0 Å². The molecule has 0 nitrogen and oxygen atoms in total. The van der Waals surface area contributed by atoms with E-state index in [0.29, 0.717) is 0 Å². The van der Waals surface area contributed by atoms with E-state index in [4.69, 9.17) is 0 Å². The van der Waals surface area contributed by atoms with E-state index in [9.17, 15) is 0 Å². The molecule has 0 bridgehead atoms. The molecule has 0 amide bonds. The van der Waals surface area contributed by atoms with E-state index in [1.165, 1.54) is 0 Å². The van der Waals surface area contributed by atoms with Crippen molar-refractivity contribution in [3.63, 3.8) is 0 Å². The molecule has 0 aliphatic carbocycles. The van der Waals surface area contributed by atoms with Crippen LogP contribution < -0.4 is 0 Å². The van der Waals surface area contributed by atoms with Crippen molar-refractivity contribution >= 4 is 69.5 Å². The zero-order chi connectivity index (χ0) is 0. The Morgan fingerprint density at radius 2 is 1.00 bits per heavy atom. The summed E-state index contributed by atoms with van der Waals surface area (Å²) < 4.78 is 0. The van der Waals surface area contributed by atoms with Crippen molar-refractivity contribution in [2.24, 2.45) is 0 Å². The minimum absolute atomic E-state index is 0. The first-order valence-corrected chi connectivity index (χ1v) is 0. The molecule has 0 fully saturated rings. The van der Waals surface area contributed by atoms with E-state index in [0.717, 1.165) is 0 Å². The second-order valence-corrected chi connectivity index (χ2v) is 0. The molecule has 6 heavy (non-hydrogen) atoms. The van der Waals surface area contributed by atoms with Crippen LogP contribution >= 0.6 is 0 Å². The molecule has 0 spiro atoms. The van der Waals surface area contributed by atoms with Gasteiger partial charge in [0.05, 0.1) is 0 Å². The van der Waals surface area contributed by atoms with Crippen LogP contribution in [-0.2, 0) is 27.3 Å². The summed E-state index contributed by atoms with van der Waals surface area (Å²) in [6.45, 7) is 0. The van der Waals surface area contributed by atoms with Gasteiger partial charge in [0.15, 0.2) is 0 Å². The molecular weight excluding hydrogens is 700 g/mol. The second-order valence-electron chi connectivity index (χ2n) is 0. The molecule has 0 aliphatic rings. The normalized spacial score (nSPS) is 0. The number of rotatable bonds is 0. The summed E-state index contributed by atoms with van der Waals surface area (Å²) in [6.07, 6.45) is 0. The average Bonchev–Trinajstić information content (AvgIpc) is 0. The molecule has 0 aromatic carbocycles. The third kappa shape index (κ3) is 22.5. The second kappa shape index (κ2) is 30.6. The molecule has 0 heterocycles. The van der Waals surface area contributed by atoms with Gasteiger partial charge >= 0.3 is 69.5 Å². The molecule has 2 radical (unpaired) electrons. The molecule has 0 unspecified atom stereocenters. The van der Waals surface area contributed by atoms with Gasteiger partial charge in [0, 0.05) is 110 Å². The fraction of sp³-hybridized carbons (Fsp3) is 0. The van der Waals surface area contributed by atoms with Crippen LogP contribution in [0.2, 0.25) is 0 Å². The van der Waals surface area contributed by atoms with Crippen LogP contribution in [0.4, 0.5) is 0 Å². The maximum absolute atomic E-state index is 0. The summed E-state index contributed by atoms with van der Waals surface area (Å²) in [6, 6.07) is 0. The minimum atomic E-state index is 0. The van der Waals surface area contributed by atoms with Gasteiger partial charge in [-0.25, -0.2) is 0 Å². The third-order valence-electron chi connectivity index (χ3n) is 0. The first-order valence-electron chi connectivity index (χ1n) is 0. The summed E-state index contributed by atoms with van der Waals surface area (Å²) in [4.78, 5) is 0. The molecule has 28 valence electrons. The molecule has 0 N–H and O–H groups in total. The Morgan fingerprint density at radius 3 is 1.00 bits per heavy atom. The maximum atomic E-state index is 0. The van der Waals surface area contributed by atoms with Crippen LogP contribution in [-0.4, -0.2) is 69.5 Å². The molecule has 0 saturated heterocycles. The predicted molar refractivity (Wildman–Crippen MR) is 28.4 cm³/mol. The van der Waals surface area contributed by atoms with Crippen molar-refractivity contribution in [3.8, 4) is 0 Å². The van der Waals surface area contributed by atoms with E-state index < -0.39 is 0 Å². The number of hydrogen-bond donors (Lipinski definition) is 0. The van der Waals surface area contributed by atoms with E-state index in [-0.39, 0.29) is 179 Å². The summed E-state index contributed by atoms with van der Waals surface area (Å²) in [7, 11) is 0. The Bertz CT molecular complexity index is 15.5. The van der Waals surface area contributed by atoms with E-state index >= 15 is 0 Å². The van der Waals surface area contributed by atoms with Crippen molar-refractivity contribution in [1.29, 1.82) is 0 Å².